The highest BCUT2D eigenvalue weighted by Crippen LogP contribution is 2.28. The van der Waals surface area contributed by atoms with Crippen molar-refractivity contribution < 1.29 is 8.42 Å². The first-order valence-electron chi connectivity index (χ1n) is 5.48. The van der Waals surface area contributed by atoms with E-state index >= 15 is 0 Å². The van der Waals surface area contributed by atoms with Crippen molar-refractivity contribution >= 4 is 27.3 Å². The molecule has 1 aromatic carbocycles. The monoisotopic (exact) mass is 274 g/mol. The van der Waals surface area contributed by atoms with Crippen LogP contribution in [0.25, 0.3) is 0 Å². The van der Waals surface area contributed by atoms with Gasteiger partial charge in [0.15, 0.2) is 0 Å². The van der Waals surface area contributed by atoms with E-state index in [0.717, 1.165) is 12.8 Å². The van der Waals surface area contributed by atoms with E-state index in [1.54, 1.807) is 6.92 Å². The molecule has 94 valence electrons. The minimum atomic E-state index is -3.43. The molecular formula is C11H15ClN2O2S. The Hall–Kier alpha value is -0.780. The summed E-state index contributed by atoms with van der Waals surface area (Å²) >= 11 is 5.97. The Bertz CT molecular complexity index is 513. The van der Waals surface area contributed by atoms with Crippen LogP contribution in [0.2, 0.25) is 5.02 Å². The summed E-state index contributed by atoms with van der Waals surface area (Å²) in [6, 6.07) is 2.95. The smallest absolute Gasteiger partial charge is 0.243 e. The molecule has 4 nitrogen and oxygen atoms in total. The maximum atomic E-state index is 12.3. The summed E-state index contributed by atoms with van der Waals surface area (Å²) in [6.07, 6.45) is 1.82. The number of hydrogen-bond donors (Lipinski definition) is 1. The molecule has 0 amide bonds. The molecule has 0 spiro atoms. The van der Waals surface area contributed by atoms with E-state index in [2.05, 4.69) is 0 Å². The van der Waals surface area contributed by atoms with Gasteiger partial charge in [0, 0.05) is 23.8 Å². The molecule has 0 atom stereocenters. The molecule has 0 radical (unpaired) electrons. The summed E-state index contributed by atoms with van der Waals surface area (Å²) in [5, 5.41) is 0.391. The van der Waals surface area contributed by atoms with Gasteiger partial charge in [0.05, 0.1) is 4.90 Å². The topological polar surface area (TPSA) is 63.4 Å². The van der Waals surface area contributed by atoms with Crippen LogP contribution in [-0.2, 0) is 10.0 Å². The van der Waals surface area contributed by atoms with Gasteiger partial charge in [0.25, 0.3) is 0 Å². The van der Waals surface area contributed by atoms with Crippen molar-refractivity contribution in [2.24, 2.45) is 0 Å². The van der Waals surface area contributed by atoms with Crippen molar-refractivity contribution in [1.82, 2.24) is 4.31 Å². The van der Waals surface area contributed by atoms with Gasteiger partial charge < -0.3 is 5.73 Å². The van der Waals surface area contributed by atoms with Crippen molar-refractivity contribution in [3.8, 4) is 0 Å². The van der Waals surface area contributed by atoms with Crippen LogP contribution in [0, 0.1) is 6.92 Å². The molecule has 2 rings (SSSR count). The standard InChI is InChI=1S/C11H15ClN2O2S/c1-8-10(12)6-9(7-11(8)13)17(15,16)14-4-2-3-5-14/h6-7H,2-5,13H2,1H3. The number of nitrogens with two attached hydrogens (primary N) is 1. The summed E-state index contributed by atoms with van der Waals surface area (Å²) < 4.78 is 26.0. The lowest BCUT2D eigenvalue weighted by Gasteiger charge is -2.16. The molecule has 1 aliphatic rings. The Labute approximate surface area is 106 Å². The Morgan fingerprint density at radius 2 is 1.88 bits per heavy atom. The van der Waals surface area contributed by atoms with Gasteiger partial charge in [0.2, 0.25) is 10.0 Å². The number of sulfonamides is 1. The van der Waals surface area contributed by atoms with Gasteiger partial charge in [-0.15, -0.1) is 0 Å². The number of nitrogen functional groups attached to an aromatic ring is 1. The fourth-order valence-corrected chi connectivity index (χ4v) is 3.77. The molecular weight excluding hydrogens is 260 g/mol. The zero-order valence-corrected chi connectivity index (χ0v) is 11.2. The number of anilines is 1. The number of hydrogen-bond acceptors (Lipinski definition) is 3. The number of nitrogens with zero attached hydrogens (tertiary/aromatic N) is 1. The van der Waals surface area contributed by atoms with Gasteiger partial charge in [-0.25, -0.2) is 8.42 Å². The van der Waals surface area contributed by atoms with Crippen molar-refractivity contribution in [2.45, 2.75) is 24.7 Å². The molecule has 1 saturated heterocycles. The number of benzene rings is 1. The molecule has 0 aromatic heterocycles. The van der Waals surface area contributed by atoms with Gasteiger partial charge >= 0.3 is 0 Å². The summed E-state index contributed by atoms with van der Waals surface area (Å²) in [4.78, 5) is 0.188. The zero-order valence-electron chi connectivity index (χ0n) is 9.61. The van der Waals surface area contributed by atoms with E-state index in [1.807, 2.05) is 0 Å². The molecule has 1 fully saturated rings. The molecule has 0 aliphatic carbocycles. The zero-order chi connectivity index (χ0) is 12.6. The van der Waals surface area contributed by atoms with E-state index in [9.17, 15) is 8.42 Å². The third-order valence-electron chi connectivity index (χ3n) is 3.06. The van der Waals surface area contributed by atoms with Crippen molar-refractivity contribution in [3.05, 3.63) is 22.7 Å². The maximum absolute atomic E-state index is 12.3. The fourth-order valence-electron chi connectivity index (χ4n) is 1.90. The van der Waals surface area contributed by atoms with Crippen LogP contribution in [0.3, 0.4) is 0 Å². The molecule has 17 heavy (non-hydrogen) atoms. The highest BCUT2D eigenvalue weighted by molar-refractivity contribution is 7.89. The molecule has 1 aliphatic heterocycles. The first kappa shape index (κ1) is 12.7. The largest absolute Gasteiger partial charge is 0.398 e. The Kier molecular flexibility index (Phi) is 3.34. The SMILES string of the molecule is Cc1c(N)cc(S(=O)(=O)N2CCCC2)cc1Cl. The molecule has 0 unspecified atom stereocenters. The predicted octanol–water partition coefficient (Wildman–Crippen LogP) is 2.02. The average Bonchev–Trinajstić information content (AvgIpc) is 2.79. The van der Waals surface area contributed by atoms with Gasteiger partial charge in [0.1, 0.15) is 0 Å². The lowest BCUT2D eigenvalue weighted by molar-refractivity contribution is 0.477. The summed E-state index contributed by atoms with van der Waals surface area (Å²) in [5.41, 5.74) is 6.88. The molecule has 1 heterocycles. The van der Waals surface area contributed by atoms with Gasteiger partial charge in [-0.1, -0.05) is 11.6 Å². The quantitative estimate of drug-likeness (QED) is 0.839. The summed E-state index contributed by atoms with van der Waals surface area (Å²) in [6.45, 7) is 2.92. The van der Waals surface area contributed by atoms with E-state index in [1.165, 1.54) is 16.4 Å². The first-order valence-corrected chi connectivity index (χ1v) is 7.30. The minimum Gasteiger partial charge on any atom is -0.398 e. The Balaban J connectivity index is 2.46. The number of rotatable bonds is 2. The highest BCUT2D eigenvalue weighted by Gasteiger charge is 2.27. The lowest BCUT2D eigenvalue weighted by Crippen LogP contribution is -2.28. The van der Waals surface area contributed by atoms with E-state index < -0.39 is 10.0 Å². The van der Waals surface area contributed by atoms with Gasteiger partial charge in [-0.3, -0.25) is 0 Å². The predicted molar refractivity (Wildman–Crippen MR) is 68.6 cm³/mol. The molecule has 0 saturated carbocycles. The summed E-state index contributed by atoms with van der Waals surface area (Å²) in [7, 11) is -3.43. The third kappa shape index (κ3) is 2.27. The summed E-state index contributed by atoms with van der Waals surface area (Å²) in [5.74, 6) is 0. The van der Waals surface area contributed by atoms with Crippen molar-refractivity contribution in [3.63, 3.8) is 0 Å². The van der Waals surface area contributed by atoms with Crippen molar-refractivity contribution in [1.29, 1.82) is 0 Å². The molecule has 1 aromatic rings. The minimum absolute atomic E-state index is 0.188. The highest BCUT2D eigenvalue weighted by atomic mass is 35.5. The van der Waals surface area contributed by atoms with Crippen LogP contribution >= 0.6 is 11.6 Å². The number of halogens is 1. The normalized spacial score (nSPS) is 17.5. The van der Waals surface area contributed by atoms with Crippen LogP contribution in [0.15, 0.2) is 17.0 Å². The van der Waals surface area contributed by atoms with E-state index in [4.69, 9.17) is 17.3 Å². The van der Waals surface area contributed by atoms with Gasteiger partial charge in [-0.05, 0) is 37.5 Å². The van der Waals surface area contributed by atoms with E-state index in [-0.39, 0.29) is 4.90 Å². The third-order valence-corrected chi connectivity index (χ3v) is 5.33. The second-order valence-electron chi connectivity index (χ2n) is 4.23. The van der Waals surface area contributed by atoms with Crippen molar-refractivity contribution in [2.75, 3.05) is 18.8 Å². The molecule has 6 heteroatoms. The first-order chi connectivity index (χ1) is 7.93. The van der Waals surface area contributed by atoms with Gasteiger partial charge in [-0.2, -0.15) is 4.31 Å². The Morgan fingerprint density at radius 1 is 1.29 bits per heavy atom. The fraction of sp³-hybridized carbons (Fsp3) is 0.455. The van der Waals surface area contributed by atoms with Crippen LogP contribution in [0.4, 0.5) is 5.69 Å². The van der Waals surface area contributed by atoms with Crippen LogP contribution in [-0.4, -0.2) is 25.8 Å². The van der Waals surface area contributed by atoms with Crippen LogP contribution in [0.1, 0.15) is 18.4 Å². The molecule has 0 bridgehead atoms. The molecule has 2 N–H and O–H groups in total. The second-order valence-corrected chi connectivity index (χ2v) is 6.58. The Morgan fingerprint density at radius 3 is 2.41 bits per heavy atom. The lowest BCUT2D eigenvalue weighted by atomic mass is 10.2. The second kappa shape index (κ2) is 4.48. The van der Waals surface area contributed by atoms with Crippen LogP contribution < -0.4 is 5.73 Å². The van der Waals surface area contributed by atoms with Crippen LogP contribution in [0.5, 0.6) is 0 Å². The maximum Gasteiger partial charge on any atom is 0.243 e. The average molecular weight is 275 g/mol. The van der Waals surface area contributed by atoms with E-state index in [0.29, 0.717) is 29.4 Å².